The van der Waals surface area contributed by atoms with Crippen molar-refractivity contribution in [1.29, 1.82) is 0 Å². The molecular weight excluding hydrogens is 857 g/mol. The quantitative estimate of drug-likeness (QED) is 0.167. The molecule has 0 unspecified atom stereocenters. The second kappa shape index (κ2) is 15.0. The fraction of sp³-hybridized carbons (Fsp3) is 0. The normalized spacial score (nSPS) is 12.0. The van der Waals surface area contributed by atoms with Gasteiger partial charge in [0.05, 0.1) is 22.4 Å². The van der Waals surface area contributed by atoms with Crippen LogP contribution in [-0.4, -0.2) is 9.55 Å². The topological polar surface area (TPSA) is 57.2 Å². The zero-order chi connectivity index (χ0) is 45.9. The van der Waals surface area contributed by atoms with E-state index in [1.165, 1.54) is 21.8 Å². The molecular formula is C65H38N2O3. The smallest absolute Gasteiger partial charge is 0.143 e. The van der Waals surface area contributed by atoms with E-state index < -0.39 is 0 Å². The van der Waals surface area contributed by atoms with Gasteiger partial charge in [-0.2, -0.15) is 0 Å². The molecule has 0 aliphatic carbocycles. The van der Waals surface area contributed by atoms with Crippen molar-refractivity contribution < 1.29 is 13.3 Å². The highest BCUT2D eigenvalue weighted by atomic mass is 16.3. The molecule has 0 saturated heterocycles. The van der Waals surface area contributed by atoms with E-state index in [-0.39, 0.29) is 0 Å². The third kappa shape index (κ3) is 5.88. The molecule has 5 nitrogen and oxygen atoms in total. The SMILES string of the molecule is c1ccc(-c2cc(-c3ccc4c(c3)oc3ccccc34)nc(-c3cccc4oc5ccc(-c6cccc7oc8c(-c9ccc%10c(c9)c9ccccc9n%10-c9ccccc9)cccc8c67)cc5c34)c2)cc1. The van der Waals surface area contributed by atoms with Crippen molar-refractivity contribution in [3.05, 3.63) is 231 Å². The number of para-hydroxylation sites is 4. The van der Waals surface area contributed by atoms with Gasteiger partial charge >= 0.3 is 0 Å². The Morgan fingerprint density at radius 2 is 0.871 bits per heavy atom. The number of rotatable bonds is 6. The lowest BCUT2D eigenvalue weighted by Gasteiger charge is -2.11. The van der Waals surface area contributed by atoms with Gasteiger partial charge in [-0.25, -0.2) is 4.98 Å². The van der Waals surface area contributed by atoms with Crippen LogP contribution in [-0.2, 0) is 0 Å². The lowest BCUT2D eigenvalue weighted by molar-refractivity contribution is 0.668. The molecule has 0 fully saturated rings. The Balaban J connectivity index is 0.879. The number of aromatic nitrogens is 2. The lowest BCUT2D eigenvalue weighted by Crippen LogP contribution is -1.92. The number of hydrogen-bond donors (Lipinski definition) is 0. The number of benzene rings is 10. The van der Waals surface area contributed by atoms with Gasteiger partial charge in [-0.3, -0.25) is 0 Å². The van der Waals surface area contributed by atoms with Crippen LogP contribution in [0.15, 0.2) is 244 Å². The van der Waals surface area contributed by atoms with Crippen LogP contribution >= 0.6 is 0 Å². The van der Waals surface area contributed by atoms with Crippen molar-refractivity contribution in [2.24, 2.45) is 0 Å². The lowest BCUT2D eigenvalue weighted by atomic mass is 9.95. The van der Waals surface area contributed by atoms with Crippen LogP contribution in [0, 0.1) is 0 Å². The van der Waals surface area contributed by atoms with Crippen molar-refractivity contribution in [1.82, 2.24) is 9.55 Å². The first-order valence-electron chi connectivity index (χ1n) is 23.7. The molecule has 0 radical (unpaired) electrons. The van der Waals surface area contributed by atoms with Gasteiger partial charge in [-0.1, -0.05) is 146 Å². The maximum atomic E-state index is 6.89. The van der Waals surface area contributed by atoms with E-state index in [2.05, 4.69) is 223 Å². The van der Waals surface area contributed by atoms with E-state index in [0.29, 0.717) is 0 Å². The molecule has 10 aromatic carbocycles. The standard InChI is InChI=1S/C65H38N2O3/c1-3-14-39(15-4-1)43-36-54(42-28-31-49-48-19-8-10-25-58(48)69-62(49)38-42)66-55(37-43)50-22-13-26-60-64(50)53-35-40(30-33-59(53)68-60)45-20-12-27-61-63(45)51-23-11-21-46(65(51)70-61)41-29-32-57-52(34-41)47-18-7-9-24-56(47)67(57)44-16-5-2-6-17-44/h1-38H. The van der Waals surface area contributed by atoms with Crippen LogP contribution in [0.1, 0.15) is 0 Å². The van der Waals surface area contributed by atoms with Crippen molar-refractivity contribution in [3.8, 4) is 61.6 Å². The minimum Gasteiger partial charge on any atom is -0.456 e. The van der Waals surface area contributed by atoms with Gasteiger partial charge in [0.25, 0.3) is 0 Å². The Morgan fingerprint density at radius 3 is 1.76 bits per heavy atom. The van der Waals surface area contributed by atoms with Crippen molar-refractivity contribution >= 4 is 87.6 Å². The van der Waals surface area contributed by atoms with Gasteiger partial charge < -0.3 is 17.8 Å². The number of nitrogens with zero attached hydrogens (tertiary/aromatic N) is 2. The highest BCUT2D eigenvalue weighted by molar-refractivity contribution is 6.19. The molecule has 5 heteroatoms. The summed E-state index contributed by atoms with van der Waals surface area (Å²) in [7, 11) is 0. The first kappa shape index (κ1) is 38.6. The average molecular weight is 895 g/mol. The summed E-state index contributed by atoms with van der Waals surface area (Å²) in [5.41, 5.74) is 18.8. The van der Waals surface area contributed by atoms with Crippen LogP contribution in [0.4, 0.5) is 0 Å². The summed E-state index contributed by atoms with van der Waals surface area (Å²) in [5.74, 6) is 0. The van der Waals surface area contributed by atoms with E-state index >= 15 is 0 Å². The monoisotopic (exact) mass is 894 g/mol. The zero-order valence-corrected chi connectivity index (χ0v) is 37.6. The van der Waals surface area contributed by atoms with Gasteiger partial charge in [0.15, 0.2) is 0 Å². The van der Waals surface area contributed by atoms with E-state index in [9.17, 15) is 0 Å². The van der Waals surface area contributed by atoms with Crippen molar-refractivity contribution in [2.45, 2.75) is 0 Å². The first-order chi connectivity index (χ1) is 34.7. The molecule has 70 heavy (non-hydrogen) atoms. The van der Waals surface area contributed by atoms with Gasteiger partial charge in [-0.05, 0) is 113 Å². The molecule has 0 amide bonds. The average Bonchev–Trinajstić information content (AvgIpc) is 4.19. The number of hydrogen-bond acceptors (Lipinski definition) is 4. The molecule has 5 heterocycles. The predicted molar refractivity (Wildman–Crippen MR) is 288 cm³/mol. The summed E-state index contributed by atoms with van der Waals surface area (Å²) in [4.78, 5) is 5.43. The molecule has 0 N–H and O–H groups in total. The maximum Gasteiger partial charge on any atom is 0.143 e. The largest absolute Gasteiger partial charge is 0.456 e. The van der Waals surface area contributed by atoms with E-state index in [4.69, 9.17) is 18.2 Å². The van der Waals surface area contributed by atoms with Gasteiger partial charge in [0.1, 0.15) is 33.5 Å². The maximum absolute atomic E-state index is 6.89. The molecule has 15 rings (SSSR count). The minimum absolute atomic E-state index is 0.808. The van der Waals surface area contributed by atoms with Gasteiger partial charge in [-0.15, -0.1) is 0 Å². The molecule has 0 aliphatic heterocycles. The minimum atomic E-state index is 0.808. The third-order valence-electron chi connectivity index (χ3n) is 14.2. The molecule has 0 bridgehead atoms. The Kier molecular flexibility index (Phi) is 8.29. The van der Waals surface area contributed by atoms with Gasteiger partial charge in [0, 0.05) is 65.5 Å². The van der Waals surface area contributed by atoms with Gasteiger partial charge in [0.2, 0.25) is 0 Å². The Labute approximate surface area is 400 Å². The molecule has 5 aromatic heterocycles. The van der Waals surface area contributed by atoms with Crippen LogP contribution in [0.2, 0.25) is 0 Å². The third-order valence-corrected chi connectivity index (χ3v) is 14.2. The summed E-state index contributed by atoms with van der Waals surface area (Å²) in [5, 5.41) is 8.81. The fourth-order valence-electron chi connectivity index (χ4n) is 11.0. The van der Waals surface area contributed by atoms with E-state index in [1.807, 2.05) is 12.1 Å². The fourth-order valence-corrected chi connectivity index (χ4v) is 11.0. The first-order valence-corrected chi connectivity index (χ1v) is 23.7. The predicted octanol–water partition coefficient (Wildman–Crippen LogP) is 18.2. The Hall–Kier alpha value is -9.45. The molecule has 0 spiro atoms. The van der Waals surface area contributed by atoms with Crippen LogP contribution in [0.3, 0.4) is 0 Å². The molecule has 326 valence electrons. The molecule has 0 aliphatic rings. The number of pyridine rings is 1. The second-order valence-electron chi connectivity index (χ2n) is 18.2. The molecule has 0 atom stereocenters. The summed E-state index contributed by atoms with van der Waals surface area (Å²) in [6, 6.07) is 81.3. The summed E-state index contributed by atoms with van der Waals surface area (Å²) < 4.78 is 22.2. The summed E-state index contributed by atoms with van der Waals surface area (Å²) in [6.45, 7) is 0. The highest BCUT2D eigenvalue weighted by Gasteiger charge is 2.21. The van der Waals surface area contributed by atoms with Crippen LogP contribution < -0.4 is 0 Å². The highest BCUT2D eigenvalue weighted by Crippen LogP contribution is 2.45. The Morgan fingerprint density at radius 1 is 0.286 bits per heavy atom. The summed E-state index contributed by atoms with van der Waals surface area (Å²) in [6.07, 6.45) is 0. The van der Waals surface area contributed by atoms with Crippen molar-refractivity contribution in [3.63, 3.8) is 0 Å². The van der Waals surface area contributed by atoms with Crippen LogP contribution in [0.5, 0.6) is 0 Å². The Bertz CT molecular complexity index is 4590. The zero-order valence-electron chi connectivity index (χ0n) is 37.6. The summed E-state index contributed by atoms with van der Waals surface area (Å²) >= 11 is 0. The van der Waals surface area contributed by atoms with Crippen LogP contribution in [0.25, 0.3) is 149 Å². The van der Waals surface area contributed by atoms with E-state index in [1.54, 1.807) is 0 Å². The van der Waals surface area contributed by atoms with Crippen molar-refractivity contribution in [2.75, 3.05) is 0 Å². The second-order valence-corrected chi connectivity index (χ2v) is 18.2. The molecule has 15 aromatic rings. The number of furan rings is 3. The van der Waals surface area contributed by atoms with E-state index in [0.717, 1.165) is 127 Å². The molecule has 0 saturated carbocycles. The number of fused-ring (bicyclic) bond motifs is 12.